The van der Waals surface area contributed by atoms with Crippen molar-refractivity contribution in [3.8, 4) is 0 Å². The summed E-state index contributed by atoms with van der Waals surface area (Å²) in [4.78, 5) is 6.30. The number of piperazine rings is 1. The number of halogens is 2. The quantitative estimate of drug-likeness (QED) is 0.680. The highest BCUT2D eigenvalue weighted by atomic mass is 35.5. The molecule has 0 spiro atoms. The van der Waals surface area contributed by atoms with Gasteiger partial charge in [0, 0.05) is 38.6 Å². The van der Waals surface area contributed by atoms with E-state index < -0.39 is 10.0 Å². The third-order valence-corrected chi connectivity index (χ3v) is 8.01. The molecule has 8 heteroatoms. The van der Waals surface area contributed by atoms with Crippen molar-refractivity contribution in [2.75, 3.05) is 31.1 Å². The van der Waals surface area contributed by atoms with Gasteiger partial charge in [-0.1, -0.05) is 56.1 Å². The number of nitrogens with zero attached hydrogens (tertiary/aromatic N) is 3. The van der Waals surface area contributed by atoms with Crippen LogP contribution >= 0.6 is 23.2 Å². The first-order valence-electron chi connectivity index (χ1n) is 9.31. The number of sulfonamides is 1. The average molecular weight is 442 g/mol. The molecule has 0 amide bonds. The predicted octanol–water partition coefficient (Wildman–Crippen LogP) is 4.59. The third-order valence-electron chi connectivity index (χ3n) is 5.54. The molecule has 1 aromatic heterocycles. The van der Waals surface area contributed by atoms with Gasteiger partial charge in [-0.3, -0.25) is 4.98 Å². The lowest BCUT2D eigenvalue weighted by atomic mass is 9.82. The van der Waals surface area contributed by atoms with Crippen LogP contribution in [-0.4, -0.2) is 43.9 Å². The summed E-state index contributed by atoms with van der Waals surface area (Å²) in [5, 5.41) is 0.941. The van der Waals surface area contributed by atoms with E-state index in [0.29, 0.717) is 46.8 Å². The lowest BCUT2D eigenvalue weighted by Crippen LogP contribution is -2.48. The average Bonchev–Trinajstić information content (AvgIpc) is 2.68. The van der Waals surface area contributed by atoms with Gasteiger partial charge in [0.25, 0.3) is 0 Å². The number of anilines is 1. The molecule has 0 saturated carbocycles. The van der Waals surface area contributed by atoms with Crippen LogP contribution in [0.25, 0.3) is 0 Å². The molecular weight excluding hydrogens is 417 g/mol. The lowest BCUT2D eigenvalue weighted by Gasteiger charge is -2.36. The summed E-state index contributed by atoms with van der Waals surface area (Å²) in [6.07, 6.45) is 4.08. The Labute approximate surface area is 177 Å². The Bertz CT molecular complexity index is 918. The van der Waals surface area contributed by atoms with E-state index in [-0.39, 0.29) is 5.41 Å². The fourth-order valence-electron chi connectivity index (χ4n) is 3.29. The number of benzene rings is 1. The van der Waals surface area contributed by atoms with Crippen LogP contribution in [0.4, 0.5) is 5.69 Å². The second-order valence-electron chi connectivity index (χ2n) is 7.60. The normalized spacial score (nSPS) is 16.4. The number of hydrogen-bond donors (Lipinski definition) is 0. The van der Waals surface area contributed by atoms with Crippen LogP contribution in [0.3, 0.4) is 0 Å². The maximum Gasteiger partial charge on any atom is 0.243 e. The zero-order chi connectivity index (χ0) is 20.5. The number of rotatable bonds is 5. The van der Waals surface area contributed by atoms with Crippen molar-refractivity contribution in [2.24, 2.45) is 0 Å². The zero-order valence-corrected chi connectivity index (χ0v) is 18.7. The predicted molar refractivity (Wildman–Crippen MR) is 115 cm³/mol. The first-order valence-corrected chi connectivity index (χ1v) is 11.5. The van der Waals surface area contributed by atoms with E-state index in [0.717, 1.165) is 12.0 Å². The van der Waals surface area contributed by atoms with Gasteiger partial charge in [-0.05, 0) is 29.5 Å². The van der Waals surface area contributed by atoms with Gasteiger partial charge in [-0.25, -0.2) is 8.42 Å². The first-order chi connectivity index (χ1) is 13.2. The molecule has 5 nitrogen and oxygen atoms in total. The molecule has 2 heterocycles. The van der Waals surface area contributed by atoms with Crippen molar-refractivity contribution in [2.45, 2.75) is 37.5 Å². The van der Waals surface area contributed by atoms with E-state index in [2.05, 4.69) is 25.8 Å². The highest BCUT2D eigenvalue weighted by molar-refractivity contribution is 7.89. The summed E-state index contributed by atoms with van der Waals surface area (Å²) >= 11 is 12.5. The molecule has 1 saturated heterocycles. The van der Waals surface area contributed by atoms with Crippen LogP contribution in [0.15, 0.2) is 41.6 Å². The van der Waals surface area contributed by atoms with Gasteiger partial charge in [0.05, 0.1) is 20.6 Å². The van der Waals surface area contributed by atoms with Gasteiger partial charge in [-0.2, -0.15) is 4.31 Å². The van der Waals surface area contributed by atoms with E-state index >= 15 is 0 Å². The Morgan fingerprint density at radius 2 is 1.54 bits per heavy atom. The Kier molecular flexibility index (Phi) is 6.25. The van der Waals surface area contributed by atoms with Crippen molar-refractivity contribution in [3.05, 3.63) is 52.3 Å². The van der Waals surface area contributed by atoms with E-state index in [1.54, 1.807) is 24.5 Å². The summed E-state index contributed by atoms with van der Waals surface area (Å²) in [5.74, 6) is 0. The largest absolute Gasteiger partial charge is 0.366 e. The lowest BCUT2D eigenvalue weighted by molar-refractivity contribution is 0.385. The third kappa shape index (κ3) is 4.15. The molecule has 28 heavy (non-hydrogen) atoms. The minimum atomic E-state index is -3.53. The first kappa shape index (κ1) is 21.4. The molecule has 0 N–H and O–H groups in total. The summed E-state index contributed by atoms with van der Waals surface area (Å²) in [6, 6.07) is 7.27. The van der Waals surface area contributed by atoms with Crippen molar-refractivity contribution < 1.29 is 8.42 Å². The van der Waals surface area contributed by atoms with Gasteiger partial charge in [0.15, 0.2) is 0 Å². The summed E-state index contributed by atoms with van der Waals surface area (Å²) in [5.41, 5.74) is 1.87. The van der Waals surface area contributed by atoms with Crippen LogP contribution in [0.5, 0.6) is 0 Å². The number of hydrogen-bond acceptors (Lipinski definition) is 4. The Morgan fingerprint density at radius 3 is 2.04 bits per heavy atom. The molecule has 0 bridgehead atoms. The smallest absolute Gasteiger partial charge is 0.243 e. The minimum Gasteiger partial charge on any atom is -0.366 e. The van der Waals surface area contributed by atoms with Crippen molar-refractivity contribution in [1.82, 2.24) is 9.29 Å². The molecule has 1 aliphatic rings. The fraction of sp³-hybridized carbons (Fsp3) is 0.450. The van der Waals surface area contributed by atoms with E-state index in [9.17, 15) is 8.42 Å². The van der Waals surface area contributed by atoms with Gasteiger partial charge in [0.2, 0.25) is 10.0 Å². The van der Waals surface area contributed by atoms with Crippen LogP contribution < -0.4 is 4.90 Å². The Hall–Kier alpha value is -1.34. The monoisotopic (exact) mass is 441 g/mol. The second-order valence-corrected chi connectivity index (χ2v) is 10.4. The fourth-order valence-corrected chi connectivity index (χ4v) is 5.32. The van der Waals surface area contributed by atoms with Crippen LogP contribution in [0.2, 0.25) is 10.0 Å². The summed E-state index contributed by atoms with van der Waals surface area (Å²) < 4.78 is 27.6. The molecule has 0 radical (unpaired) electrons. The zero-order valence-electron chi connectivity index (χ0n) is 16.3. The van der Waals surface area contributed by atoms with Crippen molar-refractivity contribution in [1.29, 1.82) is 0 Å². The van der Waals surface area contributed by atoms with Gasteiger partial charge >= 0.3 is 0 Å². The molecule has 0 unspecified atom stereocenters. The standard InChI is InChI=1S/C20H25Cl2N3O2S/c1-4-20(2,3)15-5-7-16(8-6-15)28(26,27)25-11-9-24(10-12-25)19-17(21)13-23-14-18(19)22/h5-8,13-14H,4,9-12H2,1-3H3. The molecule has 3 rings (SSSR count). The summed E-state index contributed by atoms with van der Waals surface area (Å²) in [6.45, 7) is 8.23. The van der Waals surface area contributed by atoms with E-state index in [1.807, 2.05) is 17.0 Å². The van der Waals surface area contributed by atoms with Gasteiger partial charge in [0.1, 0.15) is 0 Å². The van der Waals surface area contributed by atoms with Gasteiger partial charge < -0.3 is 4.90 Å². The number of aromatic nitrogens is 1. The topological polar surface area (TPSA) is 53.5 Å². The maximum absolute atomic E-state index is 13.0. The molecule has 0 atom stereocenters. The van der Waals surface area contributed by atoms with Crippen LogP contribution in [0.1, 0.15) is 32.8 Å². The SMILES string of the molecule is CCC(C)(C)c1ccc(S(=O)(=O)N2CCN(c3c(Cl)cncc3Cl)CC2)cc1. The second kappa shape index (κ2) is 8.19. The molecule has 152 valence electrons. The Morgan fingerprint density at radius 1 is 1.00 bits per heavy atom. The summed E-state index contributed by atoms with van der Waals surface area (Å²) in [7, 11) is -3.53. The molecule has 0 aliphatic carbocycles. The van der Waals surface area contributed by atoms with E-state index in [1.165, 1.54) is 4.31 Å². The molecule has 1 aromatic carbocycles. The molecule has 2 aromatic rings. The highest BCUT2D eigenvalue weighted by Gasteiger charge is 2.30. The molecule has 1 aliphatic heterocycles. The van der Waals surface area contributed by atoms with Crippen LogP contribution in [-0.2, 0) is 15.4 Å². The Balaban J connectivity index is 1.75. The van der Waals surface area contributed by atoms with Crippen LogP contribution in [0, 0.1) is 0 Å². The minimum absolute atomic E-state index is 0.0248. The van der Waals surface area contributed by atoms with Crippen molar-refractivity contribution >= 4 is 38.9 Å². The number of pyridine rings is 1. The van der Waals surface area contributed by atoms with Crippen molar-refractivity contribution in [3.63, 3.8) is 0 Å². The maximum atomic E-state index is 13.0. The van der Waals surface area contributed by atoms with Gasteiger partial charge in [-0.15, -0.1) is 0 Å². The van der Waals surface area contributed by atoms with E-state index in [4.69, 9.17) is 23.2 Å². The molecule has 1 fully saturated rings. The molecular formula is C20H25Cl2N3O2S. The highest BCUT2D eigenvalue weighted by Crippen LogP contribution is 2.34.